The first-order valence-corrected chi connectivity index (χ1v) is 12.7. The highest BCUT2D eigenvalue weighted by molar-refractivity contribution is 5.94. The molecule has 1 saturated heterocycles. The predicted molar refractivity (Wildman–Crippen MR) is 151 cm³/mol. The highest BCUT2D eigenvalue weighted by atomic mass is 16.5. The number of fused-ring (bicyclic) bond motifs is 1. The standard InChI is InChI=1S/C18H19NO2.C10H10N2.C3H8O/c1-14-7-9-16(10-8-14)18(20)19-11-17(12-19)21-13-15-5-3-2-4-6-15;1-11-9-6-2-4-8-5-3-7-12-10(8)9;1-2-3-4/h2-10,17H,11-13H2,1H3;2-7,11H,1H3;4H,2-3H2,1H3. The number of para-hydroxylation sites is 1. The summed E-state index contributed by atoms with van der Waals surface area (Å²) in [5.41, 5.74) is 5.19. The minimum absolute atomic E-state index is 0.0922. The van der Waals surface area contributed by atoms with Crippen LogP contribution in [0.25, 0.3) is 10.9 Å². The molecule has 0 unspecified atom stereocenters. The number of hydrogen-bond donors (Lipinski definition) is 2. The van der Waals surface area contributed by atoms with Crippen molar-refractivity contribution in [3.05, 3.63) is 108 Å². The molecule has 2 heterocycles. The number of nitrogens with zero attached hydrogens (tertiary/aromatic N) is 2. The van der Waals surface area contributed by atoms with Crippen molar-refractivity contribution >= 4 is 22.5 Å². The maximum Gasteiger partial charge on any atom is 0.254 e. The summed E-state index contributed by atoms with van der Waals surface area (Å²) in [5, 5.41) is 12.2. The van der Waals surface area contributed by atoms with Gasteiger partial charge in [0.15, 0.2) is 0 Å². The van der Waals surface area contributed by atoms with Crippen molar-refractivity contribution in [1.82, 2.24) is 9.88 Å². The lowest BCUT2D eigenvalue weighted by molar-refractivity contribution is -0.0503. The number of benzene rings is 3. The van der Waals surface area contributed by atoms with Crippen LogP contribution in [0.5, 0.6) is 0 Å². The smallest absolute Gasteiger partial charge is 0.254 e. The second-order valence-electron chi connectivity index (χ2n) is 8.85. The number of rotatable bonds is 6. The summed E-state index contributed by atoms with van der Waals surface area (Å²) in [5.74, 6) is 0.0922. The van der Waals surface area contributed by atoms with Gasteiger partial charge in [-0.25, -0.2) is 0 Å². The molecular weight excluding hydrogens is 462 g/mol. The van der Waals surface area contributed by atoms with Crippen LogP contribution in [0.3, 0.4) is 0 Å². The monoisotopic (exact) mass is 499 g/mol. The maximum atomic E-state index is 12.2. The number of likely N-dealkylation sites (tertiary alicyclic amines) is 1. The third kappa shape index (κ3) is 8.41. The number of pyridine rings is 1. The number of carbonyl (C=O) groups is 1. The van der Waals surface area contributed by atoms with Gasteiger partial charge >= 0.3 is 0 Å². The van der Waals surface area contributed by atoms with E-state index < -0.39 is 0 Å². The van der Waals surface area contributed by atoms with Gasteiger partial charge in [-0.1, -0.05) is 73.2 Å². The second kappa shape index (κ2) is 14.7. The summed E-state index contributed by atoms with van der Waals surface area (Å²) in [6, 6.07) is 27.9. The number of amides is 1. The number of aliphatic hydroxyl groups is 1. The van der Waals surface area contributed by atoms with Crippen molar-refractivity contribution in [3.63, 3.8) is 0 Å². The zero-order valence-electron chi connectivity index (χ0n) is 21.9. The van der Waals surface area contributed by atoms with Gasteiger partial charge in [-0.05, 0) is 43.2 Å². The first kappa shape index (κ1) is 27.8. The van der Waals surface area contributed by atoms with Crippen LogP contribution in [0.15, 0.2) is 91.1 Å². The first-order chi connectivity index (χ1) is 18.0. The fraction of sp³-hybridized carbons (Fsp3) is 0.290. The molecule has 6 nitrogen and oxygen atoms in total. The minimum atomic E-state index is 0.0922. The van der Waals surface area contributed by atoms with E-state index in [1.807, 2.05) is 105 Å². The van der Waals surface area contributed by atoms with E-state index in [4.69, 9.17) is 9.84 Å². The van der Waals surface area contributed by atoms with Gasteiger partial charge in [-0.2, -0.15) is 0 Å². The summed E-state index contributed by atoms with van der Waals surface area (Å²) in [7, 11) is 1.91. The van der Waals surface area contributed by atoms with Crippen LogP contribution in [0.4, 0.5) is 5.69 Å². The van der Waals surface area contributed by atoms with E-state index in [-0.39, 0.29) is 12.0 Å². The molecule has 0 radical (unpaired) electrons. The first-order valence-electron chi connectivity index (χ1n) is 12.7. The number of hydrogen-bond acceptors (Lipinski definition) is 5. The van der Waals surface area contributed by atoms with Crippen molar-refractivity contribution in [2.24, 2.45) is 0 Å². The molecule has 194 valence electrons. The number of carbonyl (C=O) groups excluding carboxylic acids is 1. The molecule has 4 aromatic rings. The van der Waals surface area contributed by atoms with Crippen LogP contribution >= 0.6 is 0 Å². The van der Waals surface area contributed by atoms with Crippen molar-refractivity contribution in [2.45, 2.75) is 33.0 Å². The molecular formula is C31H37N3O3. The molecule has 0 saturated carbocycles. The Kier molecular flexibility index (Phi) is 11.1. The second-order valence-corrected chi connectivity index (χ2v) is 8.85. The zero-order chi connectivity index (χ0) is 26.5. The quantitative estimate of drug-likeness (QED) is 0.356. The zero-order valence-corrected chi connectivity index (χ0v) is 21.9. The van der Waals surface area contributed by atoms with Crippen molar-refractivity contribution in [3.8, 4) is 0 Å². The number of nitrogens with one attached hydrogen (secondary N) is 1. The Morgan fingerprint density at radius 2 is 1.68 bits per heavy atom. The topological polar surface area (TPSA) is 74.7 Å². The highest BCUT2D eigenvalue weighted by Gasteiger charge is 2.31. The molecule has 1 aromatic heterocycles. The Morgan fingerprint density at radius 3 is 2.32 bits per heavy atom. The van der Waals surface area contributed by atoms with Crippen LogP contribution in [-0.4, -0.2) is 53.7 Å². The summed E-state index contributed by atoms with van der Waals surface area (Å²) in [4.78, 5) is 18.4. The fourth-order valence-corrected chi connectivity index (χ4v) is 3.68. The summed E-state index contributed by atoms with van der Waals surface area (Å²) < 4.78 is 5.81. The van der Waals surface area contributed by atoms with Crippen LogP contribution in [0, 0.1) is 6.92 Å². The lowest BCUT2D eigenvalue weighted by Crippen LogP contribution is -2.54. The Hall–Kier alpha value is -3.74. The number of aryl methyl sites for hydroxylation is 1. The largest absolute Gasteiger partial charge is 0.396 e. The Morgan fingerprint density at radius 1 is 1.00 bits per heavy atom. The molecule has 0 aliphatic carbocycles. The van der Waals surface area contributed by atoms with Gasteiger partial charge in [0.1, 0.15) is 0 Å². The Balaban J connectivity index is 0.000000200. The van der Waals surface area contributed by atoms with Gasteiger partial charge < -0.3 is 20.1 Å². The molecule has 0 bridgehead atoms. The predicted octanol–water partition coefficient (Wildman–Crippen LogP) is 5.70. The average Bonchev–Trinajstić information content (AvgIpc) is 2.93. The Bertz CT molecular complexity index is 1220. The van der Waals surface area contributed by atoms with E-state index in [1.54, 1.807) is 0 Å². The molecule has 5 rings (SSSR count). The molecule has 1 aliphatic heterocycles. The Labute approximate surface area is 219 Å². The molecule has 1 fully saturated rings. The van der Waals surface area contributed by atoms with Gasteiger partial charge in [0.05, 0.1) is 23.9 Å². The molecule has 37 heavy (non-hydrogen) atoms. The van der Waals surface area contributed by atoms with Gasteiger partial charge in [-0.3, -0.25) is 9.78 Å². The minimum Gasteiger partial charge on any atom is -0.396 e. The fourth-order valence-electron chi connectivity index (χ4n) is 3.68. The van der Waals surface area contributed by atoms with Crippen molar-refractivity contribution < 1.29 is 14.6 Å². The molecule has 3 aromatic carbocycles. The normalized spacial score (nSPS) is 12.5. The van der Waals surface area contributed by atoms with E-state index in [0.29, 0.717) is 26.3 Å². The summed E-state index contributed by atoms with van der Waals surface area (Å²) >= 11 is 0. The van der Waals surface area contributed by atoms with Crippen LogP contribution in [0.2, 0.25) is 0 Å². The molecule has 1 amide bonds. The SMILES string of the molecule is CCCO.CNc1cccc2cccnc12.Cc1ccc(C(=O)N2CC(OCc3ccccc3)C2)cc1. The van der Waals surface area contributed by atoms with Gasteiger partial charge in [0.25, 0.3) is 5.91 Å². The van der Waals surface area contributed by atoms with Crippen LogP contribution < -0.4 is 5.32 Å². The highest BCUT2D eigenvalue weighted by Crippen LogP contribution is 2.20. The summed E-state index contributed by atoms with van der Waals surface area (Å²) in [6.07, 6.45) is 2.84. The van der Waals surface area contributed by atoms with Crippen molar-refractivity contribution in [2.75, 3.05) is 32.1 Å². The molecule has 0 atom stereocenters. The van der Waals surface area contributed by atoms with Crippen LogP contribution in [0.1, 0.15) is 34.8 Å². The van der Waals surface area contributed by atoms with Gasteiger partial charge in [0.2, 0.25) is 0 Å². The van der Waals surface area contributed by atoms with E-state index in [1.165, 1.54) is 16.5 Å². The number of aromatic nitrogens is 1. The number of aliphatic hydroxyl groups excluding tert-OH is 1. The molecule has 6 heteroatoms. The van der Waals surface area contributed by atoms with E-state index >= 15 is 0 Å². The van der Waals surface area contributed by atoms with Gasteiger partial charge in [0, 0.05) is 43.9 Å². The third-order valence-electron chi connectivity index (χ3n) is 5.89. The molecule has 2 N–H and O–H groups in total. The van der Waals surface area contributed by atoms with Crippen LogP contribution in [-0.2, 0) is 11.3 Å². The average molecular weight is 500 g/mol. The van der Waals surface area contributed by atoms with Gasteiger partial charge in [-0.15, -0.1) is 0 Å². The van der Waals surface area contributed by atoms with E-state index in [2.05, 4.69) is 22.4 Å². The van der Waals surface area contributed by atoms with E-state index in [0.717, 1.165) is 23.2 Å². The number of ether oxygens (including phenoxy) is 1. The lowest BCUT2D eigenvalue weighted by atomic mass is 10.1. The van der Waals surface area contributed by atoms with Crippen molar-refractivity contribution in [1.29, 1.82) is 0 Å². The van der Waals surface area contributed by atoms with E-state index in [9.17, 15) is 4.79 Å². The molecule has 0 spiro atoms. The summed E-state index contributed by atoms with van der Waals surface area (Å²) in [6.45, 7) is 6.24. The molecule has 1 aliphatic rings. The third-order valence-corrected chi connectivity index (χ3v) is 5.89. The maximum absolute atomic E-state index is 12.2. The lowest BCUT2D eigenvalue weighted by Gasteiger charge is -2.39. The number of anilines is 1.